The van der Waals surface area contributed by atoms with Crippen molar-refractivity contribution in [2.45, 2.75) is 43.2 Å². The van der Waals surface area contributed by atoms with Gasteiger partial charge in [-0.15, -0.1) is 0 Å². The number of amides is 2. The number of hydrogen-bond donors (Lipinski definition) is 1. The topological polar surface area (TPSA) is 60.9 Å². The Labute approximate surface area is 181 Å². The van der Waals surface area contributed by atoms with Crippen LogP contribution in [-0.2, 0) is 4.79 Å². The molecule has 5 rings (SSSR count). The van der Waals surface area contributed by atoms with E-state index in [0.29, 0.717) is 18.7 Å². The summed E-state index contributed by atoms with van der Waals surface area (Å²) in [6, 6.07) is 15.4. The summed E-state index contributed by atoms with van der Waals surface area (Å²) in [4.78, 5) is 29.9. The van der Waals surface area contributed by atoms with Crippen LogP contribution in [0.4, 0.5) is 4.39 Å². The standard InChI is InChI=1S/C25H27FN2O3/c26-20-12-6-11-19(13-20)23(30)27-15-25(16-27)22(17-7-2-1-3-8-17)21(14-29)28(25)24(31)18-9-4-5-10-18/h1-3,6-8,11-13,18,21-22,29H,4-5,9-10,14-16H2/t21-,22-/m1/s1. The molecule has 2 heterocycles. The van der Waals surface area contributed by atoms with Gasteiger partial charge in [-0.2, -0.15) is 0 Å². The van der Waals surface area contributed by atoms with Gasteiger partial charge in [0, 0.05) is 30.5 Å². The summed E-state index contributed by atoms with van der Waals surface area (Å²) < 4.78 is 13.6. The van der Waals surface area contributed by atoms with E-state index in [0.717, 1.165) is 31.2 Å². The molecule has 162 valence electrons. The molecule has 2 amide bonds. The molecule has 2 aromatic rings. The number of hydrogen-bond acceptors (Lipinski definition) is 3. The molecule has 3 aliphatic rings. The third-order valence-corrected chi connectivity index (χ3v) is 7.35. The second-order valence-corrected chi connectivity index (χ2v) is 9.10. The van der Waals surface area contributed by atoms with Crippen LogP contribution in [0.3, 0.4) is 0 Å². The van der Waals surface area contributed by atoms with Gasteiger partial charge in [0.05, 0.1) is 18.2 Å². The molecule has 2 saturated heterocycles. The van der Waals surface area contributed by atoms with E-state index >= 15 is 0 Å². The molecule has 1 saturated carbocycles. The molecule has 3 fully saturated rings. The van der Waals surface area contributed by atoms with Gasteiger partial charge in [-0.3, -0.25) is 9.59 Å². The Bertz CT molecular complexity index is 983. The van der Waals surface area contributed by atoms with E-state index < -0.39 is 11.4 Å². The fraction of sp³-hybridized carbons (Fsp3) is 0.440. The van der Waals surface area contributed by atoms with Crippen molar-refractivity contribution in [1.82, 2.24) is 9.80 Å². The minimum absolute atomic E-state index is 0.00983. The highest BCUT2D eigenvalue weighted by Crippen LogP contribution is 2.55. The predicted octanol–water partition coefficient (Wildman–Crippen LogP) is 3.20. The molecule has 1 N–H and O–H groups in total. The van der Waals surface area contributed by atoms with Crippen molar-refractivity contribution >= 4 is 11.8 Å². The third-order valence-electron chi connectivity index (χ3n) is 7.35. The van der Waals surface area contributed by atoms with Crippen LogP contribution in [0.2, 0.25) is 0 Å². The van der Waals surface area contributed by atoms with E-state index in [1.54, 1.807) is 11.0 Å². The van der Waals surface area contributed by atoms with E-state index in [2.05, 4.69) is 0 Å². The van der Waals surface area contributed by atoms with E-state index in [1.807, 2.05) is 35.2 Å². The van der Waals surface area contributed by atoms with Crippen molar-refractivity contribution in [3.8, 4) is 0 Å². The number of benzene rings is 2. The molecule has 2 aliphatic heterocycles. The molecule has 2 atom stereocenters. The Kier molecular flexibility index (Phi) is 5.05. The maximum absolute atomic E-state index is 13.6. The highest BCUT2D eigenvalue weighted by atomic mass is 19.1. The zero-order valence-electron chi connectivity index (χ0n) is 17.4. The van der Waals surface area contributed by atoms with Gasteiger partial charge in [0.25, 0.3) is 5.91 Å². The molecule has 0 radical (unpaired) electrons. The molecule has 6 heteroatoms. The van der Waals surface area contributed by atoms with Crippen LogP contribution >= 0.6 is 0 Å². The highest BCUT2D eigenvalue weighted by molar-refractivity contribution is 5.95. The van der Waals surface area contributed by atoms with Crippen LogP contribution < -0.4 is 0 Å². The summed E-state index contributed by atoms with van der Waals surface area (Å²) in [7, 11) is 0. The zero-order valence-corrected chi connectivity index (χ0v) is 17.4. The van der Waals surface area contributed by atoms with Crippen molar-refractivity contribution in [2.75, 3.05) is 19.7 Å². The summed E-state index contributed by atoms with van der Waals surface area (Å²) in [6.07, 6.45) is 3.91. The molecule has 31 heavy (non-hydrogen) atoms. The van der Waals surface area contributed by atoms with E-state index in [1.165, 1.54) is 18.2 Å². The lowest BCUT2D eigenvalue weighted by Gasteiger charge is -2.70. The number of aliphatic hydroxyl groups excluding tert-OH is 1. The largest absolute Gasteiger partial charge is 0.394 e. The SMILES string of the molecule is O=C(c1cccc(F)c1)N1CC2(C1)[C@H](c1ccccc1)[C@@H](CO)N2C(=O)C1CCCC1. The number of aliphatic hydroxyl groups is 1. The first kappa shape index (κ1) is 20.2. The van der Waals surface area contributed by atoms with Crippen molar-refractivity contribution in [3.05, 3.63) is 71.5 Å². The van der Waals surface area contributed by atoms with Crippen LogP contribution in [-0.4, -0.2) is 58.0 Å². The number of nitrogens with zero attached hydrogens (tertiary/aromatic N) is 2. The zero-order chi connectivity index (χ0) is 21.6. The normalized spacial score (nSPS) is 24.7. The quantitative estimate of drug-likeness (QED) is 0.823. The maximum atomic E-state index is 13.6. The third kappa shape index (κ3) is 3.16. The number of likely N-dealkylation sites (tertiary alicyclic amines) is 2. The second-order valence-electron chi connectivity index (χ2n) is 9.10. The van der Waals surface area contributed by atoms with Crippen molar-refractivity contribution in [2.24, 2.45) is 5.92 Å². The summed E-state index contributed by atoms with van der Waals surface area (Å²) in [5.74, 6) is -0.569. The summed E-state index contributed by atoms with van der Waals surface area (Å²) in [5, 5.41) is 10.2. The monoisotopic (exact) mass is 422 g/mol. The van der Waals surface area contributed by atoms with E-state index in [-0.39, 0.29) is 36.3 Å². The first-order valence-corrected chi connectivity index (χ1v) is 11.1. The van der Waals surface area contributed by atoms with Gasteiger partial charge in [0.1, 0.15) is 5.82 Å². The molecular weight excluding hydrogens is 395 g/mol. The smallest absolute Gasteiger partial charge is 0.254 e. The number of halogens is 1. The molecule has 0 unspecified atom stereocenters. The van der Waals surface area contributed by atoms with Crippen molar-refractivity contribution in [1.29, 1.82) is 0 Å². The van der Waals surface area contributed by atoms with Gasteiger partial charge in [-0.1, -0.05) is 49.2 Å². The van der Waals surface area contributed by atoms with Gasteiger partial charge in [-0.25, -0.2) is 4.39 Å². The van der Waals surface area contributed by atoms with Crippen LogP contribution in [0.25, 0.3) is 0 Å². The van der Waals surface area contributed by atoms with Gasteiger partial charge in [0.15, 0.2) is 0 Å². The molecule has 1 spiro atoms. The average molecular weight is 423 g/mol. The first-order chi connectivity index (χ1) is 15.0. The van der Waals surface area contributed by atoms with Crippen molar-refractivity contribution in [3.63, 3.8) is 0 Å². The molecule has 0 aromatic heterocycles. The lowest BCUT2D eigenvalue weighted by Crippen LogP contribution is -2.86. The number of carbonyl (C=O) groups excluding carboxylic acids is 2. The fourth-order valence-electron chi connectivity index (χ4n) is 5.95. The Morgan fingerprint density at radius 3 is 2.39 bits per heavy atom. The van der Waals surface area contributed by atoms with E-state index in [9.17, 15) is 19.1 Å². The van der Waals surface area contributed by atoms with Crippen molar-refractivity contribution < 1.29 is 19.1 Å². The minimum Gasteiger partial charge on any atom is -0.394 e. The van der Waals surface area contributed by atoms with Crippen LogP contribution in [0, 0.1) is 11.7 Å². The number of carbonyl (C=O) groups is 2. The molecule has 1 aliphatic carbocycles. The second kappa shape index (κ2) is 7.75. The average Bonchev–Trinajstić information content (AvgIpc) is 3.28. The van der Waals surface area contributed by atoms with Crippen LogP contribution in [0.15, 0.2) is 54.6 Å². The lowest BCUT2D eigenvalue weighted by molar-refractivity contribution is -0.197. The van der Waals surface area contributed by atoms with Crippen LogP contribution in [0.5, 0.6) is 0 Å². The highest BCUT2D eigenvalue weighted by Gasteiger charge is 2.68. The predicted molar refractivity (Wildman–Crippen MR) is 114 cm³/mol. The summed E-state index contributed by atoms with van der Waals surface area (Å²) in [5.41, 5.74) is 0.893. The summed E-state index contributed by atoms with van der Waals surface area (Å²) in [6.45, 7) is 0.700. The summed E-state index contributed by atoms with van der Waals surface area (Å²) >= 11 is 0. The maximum Gasteiger partial charge on any atom is 0.254 e. The van der Waals surface area contributed by atoms with Gasteiger partial charge >= 0.3 is 0 Å². The molecular formula is C25H27FN2O3. The van der Waals surface area contributed by atoms with Gasteiger partial charge < -0.3 is 14.9 Å². The van der Waals surface area contributed by atoms with E-state index in [4.69, 9.17) is 0 Å². The minimum atomic E-state index is -0.503. The lowest BCUT2D eigenvalue weighted by atomic mass is 9.60. The first-order valence-electron chi connectivity index (χ1n) is 11.1. The Balaban J connectivity index is 1.44. The molecule has 2 aromatic carbocycles. The molecule has 5 nitrogen and oxygen atoms in total. The number of rotatable bonds is 4. The van der Waals surface area contributed by atoms with Crippen LogP contribution in [0.1, 0.15) is 47.5 Å². The molecule has 0 bridgehead atoms. The van der Waals surface area contributed by atoms with Gasteiger partial charge in [0.2, 0.25) is 5.91 Å². The Morgan fingerprint density at radius 2 is 1.74 bits per heavy atom. The fourth-order valence-corrected chi connectivity index (χ4v) is 5.95. The Morgan fingerprint density at radius 1 is 1.03 bits per heavy atom. The Hall–Kier alpha value is -2.73. The van der Waals surface area contributed by atoms with Gasteiger partial charge in [-0.05, 0) is 36.6 Å².